The summed E-state index contributed by atoms with van der Waals surface area (Å²) in [5.74, 6) is 0. The average molecular weight is 268 g/mol. The van der Waals surface area contributed by atoms with Crippen molar-refractivity contribution in [3.05, 3.63) is 34.3 Å². The van der Waals surface area contributed by atoms with Crippen molar-refractivity contribution in [1.82, 2.24) is 0 Å². The van der Waals surface area contributed by atoms with Crippen molar-refractivity contribution < 1.29 is 4.84 Å². The molecule has 0 aliphatic heterocycles. The average Bonchev–Trinajstić information content (AvgIpc) is 2.71. The molecule has 0 aromatic heterocycles. The molecule has 2 nitrogen and oxygen atoms in total. The van der Waals surface area contributed by atoms with Crippen molar-refractivity contribution in [3.8, 4) is 0 Å². The maximum atomic E-state index is 5.40. The molecule has 1 fully saturated rings. The first kappa shape index (κ1) is 10.7. The molecular formula is C12H14BrNO. The van der Waals surface area contributed by atoms with Crippen molar-refractivity contribution in [1.29, 1.82) is 0 Å². The first-order chi connectivity index (χ1) is 7.34. The van der Waals surface area contributed by atoms with E-state index in [1.54, 1.807) is 6.21 Å². The first-order valence-electron chi connectivity index (χ1n) is 5.29. The summed E-state index contributed by atoms with van der Waals surface area (Å²) >= 11 is 3.42. The summed E-state index contributed by atoms with van der Waals surface area (Å²) in [6, 6.07) is 8.00. The maximum Gasteiger partial charge on any atom is 0.127 e. The third-order valence-electron chi connectivity index (χ3n) is 2.56. The highest BCUT2D eigenvalue weighted by Gasteiger charge is 2.15. The standard InChI is InChI=1S/C12H14BrNO/c13-11-5-3-4-10(8-11)9-14-15-12-6-1-2-7-12/h3-5,8-9,12H,1-2,6-7H2. The van der Waals surface area contributed by atoms with Crippen molar-refractivity contribution in [2.75, 3.05) is 0 Å². The van der Waals surface area contributed by atoms with Crippen molar-refractivity contribution in [2.24, 2.45) is 5.16 Å². The van der Waals surface area contributed by atoms with Gasteiger partial charge in [-0.3, -0.25) is 0 Å². The van der Waals surface area contributed by atoms with Gasteiger partial charge in [-0.25, -0.2) is 0 Å². The zero-order valence-electron chi connectivity index (χ0n) is 8.53. The predicted molar refractivity (Wildman–Crippen MR) is 65.1 cm³/mol. The Hall–Kier alpha value is -0.830. The fourth-order valence-corrected chi connectivity index (χ4v) is 2.17. The van der Waals surface area contributed by atoms with Crippen LogP contribution in [-0.4, -0.2) is 12.3 Å². The number of benzene rings is 1. The van der Waals surface area contributed by atoms with E-state index in [1.165, 1.54) is 12.8 Å². The summed E-state index contributed by atoms with van der Waals surface area (Å²) in [7, 11) is 0. The van der Waals surface area contributed by atoms with Gasteiger partial charge in [0, 0.05) is 4.47 Å². The minimum atomic E-state index is 0.341. The van der Waals surface area contributed by atoms with Crippen molar-refractivity contribution in [3.63, 3.8) is 0 Å². The van der Waals surface area contributed by atoms with E-state index in [1.807, 2.05) is 24.3 Å². The lowest BCUT2D eigenvalue weighted by Gasteiger charge is -2.05. The Bertz CT molecular complexity index is 345. The van der Waals surface area contributed by atoms with Gasteiger partial charge in [0.1, 0.15) is 6.10 Å². The SMILES string of the molecule is Brc1cccc(C=NOC2CCCC2)c1. The summed E-state index contributed by atoms with van der Waals surface area (Å²) < 4.78 is 1.06. The maximum absolute atomic E-state index is 5.40. The Morgan fingerprint density at radius 1 is 1.33 bits per heavy atom. The van der Waals surface area contributed by atoms with Gasteiger partial charge in [-0.15, -0.1) is 0 Å². The molecule has 1 aliphatic rings. The van der Waals surface area contributed by atoms with Crippen LogP contribution in [0.5, 0.6) is 0 Å². The van der Waals surface area contributed by atoms with Gasteiger partial charge in [0.2, 0.25) is 0 Å². The van der Waals surface area contributed by atoms with Gasteiger partial charge < -0.3 is 4.84 Å². The van der Waals surface area contributed by atoms with Crippen LogP contribution in [0.4, 0.5) is 0 Å². The zero-order chi connectivity index (χ0) is 10.5. The second-order valence-corrected chi connectivity index (χ2v) is 4.72. The lowest BCUT2D eigenvalue weighted by molar-refractivity contribution is 0.0657. The van der Waals surface area contributed by atoms with E-state index < -0.39 is 0 Å². The molecule has 0 saturated heterocycles. The fourth-order valence-electron chi connectivity index (χ4n) is 1.76. The Balaban J connectivity index is 1.87. The lowest BCUT2D eigenvalue weighted by atomic mass is 10.2. The molecule has 3 heteroatoms. The Morgan fingerprint density at radius 2 is 2.13 bits per heavy atom. The van der Waals surface area contributed by atoms with Crippen LogP contribution in [-0.2, 0) is 4.84 Å². The Morgan fingerprint density at radius 3 is 2.87 bits per heavy atom. The highest BCUT2D eigenvalue weighted by Crippen LogP contribution is 2.20. The fraction of sp³-hybridized carbons (Fsp3) is 0.417. The van der Waals surface area contributed by atoms with E-state index >= 15 is 0 Å². The normalized spacial score (nSPS) is 17.4. The number of hydrogen-bond donors (Lipinski definition) is 0. The van der Waals surface area contributed by atoms with Gasteiger partial charge in [0.05, 0.1) is 6.21 Å². The highest BCUT2D eigenvalue weighted by atomic mass is 79.9. The molecule has 0 heterocycles. The van der Waals surface area contributed by atoms with Crippen LogP contribution >= 0.6 is 15.9 Å². The summed E-state index contributed by atoms with van der Waals surface area (Å²) in [4.78, 5) is 5.40. The number of oxime groups is 1. The van der Waals surface area contributed by atoms with E-state index in [9.17, 15) is 0 Å². The summed E-state index contributed by atoms with van der Waals surface area (Å²) in [5, 5.41) is 4.02. The molecule has 0 radical (unpaired) electrons. The van der Waals surface area contributed by atoms with Crippen LogP contribution in [0.3, 0.4) is 0 Å². The molecule has 0 bridgehead atoms. The third kappa shape index (κ3) is 3.34. The van der Waals surface area contributed by atoms with Gasteiger partial charge in [0.25, 0.3) is 0 Å². The number of nitrogens with zero attached hydrogens (tertiary/aromatic N) is 1. The predicted octanol–water partition coefficient (Wildman–Crippen LogP) is 3.74. The molecule has 2 rings (SSSR count). The van der Waals surface area contributed by atoms with Gasteiger partial charge in [0.15, 0.2) is 0 Å². The van der Waals surface area contributed by atoms with E-state index in [4.69, 9.17) is 4.84 Å². The largest absolute Gasteiger partial charge is 0.393 e. The van der Waals surface area contributed by atoms with Crippen molar-refractivity contribution in [2.45, 2.75) is 31.8 Å². The molecule has 0 amide bonds. The Labute approximate surface area is 98.4 Å². The molecule has 80 valence electrons. The smallest absolute Gasteiger partial charge is 0.127 e. The molecular weight excluding hydrogens is 254 g/mol. The van der Waals surface area contributed by atoms with Crippen LogP contribution in [0, 0.1) is 0 Å². The number of halogens is 1. The topological polar surface area (TPSA) is 21.6 Å². The van der Waals surface area contributed by atoms with E-state index in [-0.39, 0.29) is 0 Å². The summed E-state index contributed by atoms with van der Waals surface area (Å²) in [6.07, 6.45) is 6.96. The zero-order valence-corrected chi connectivity index (χ0v) is 10.1. The molecule has 0 N–H and O–H groups in total. The van der Waals surface area contributed by atoms with Gasteiger partial charge in [-0.1, -0.05) is 33.2 Å². The van der Waals surface area contributed by atoms with Gasteiger partial charge in [-0.2, -0.15) is 0 Å². The Kier molecular flexibility index (Phi) is 3.78. The van der Waals surface area contributed by atoms with Crippen molar-refractivity contribution >= 4 is 22.1 Å². The number of hydrogen-bond acceptors (Lipinski definition) is 2. The van der Waals surface area contributed by atoms with Crippen LogP contribution in [0.2, 0.25) is 0 Å². The quantitative estimate of drug-likeness (QED) is 0.604. The molecule has 1 aromatic carbocycles. The number of rotatable bonds is 3. The monoisotopic (exact) mass is 267 g/mol. The lowest BCUT2D eigenvalue weighted by Crippen LogP contribution is -2.02. The third-order valence-corrected chi connectivity index (χ3v) is 3.06. The molecule has 1 aromatic rings. The van der Waals surface area contributed by atoms with E-state index in [0.29, 0.717) is 6.10 Å². The minimum Gasteiger partial charge on any atom is -0.393 e. The van der Waals surface area contributed by atoms with Crippen LogP contribution in [0.15, 0.2) is 33.9 Å². The van der Waals surface area contributed by atoms with E-state index in [2.05, 4.69) is 21.1 Å². The summed E-state index contributed by atoms with van der Waals surface area (Å²) in [5.41, 5.74) is 1.06. The second-order valence-electron chi connectivity index (χ2n) is 3.80. The molecule has 1 aliphatic carbocycles. The van der Waals surface area contributed by atoms with Gasteiger partial charge in [-0.05, 0) is 43.4 Å². The first-order valence-corrected chi connectivity index (χ1v) is 6.08. The summed E-state index contributed by atoms with van der Waals surface area (Å²) in [6.45, 7) is 0. The molecule has 0 atom stereocenters. The van der Waals surface area contributed by atoms with E-state index in [0.717, 1.165) is 22.9 Å². The highest BCUT2D eigenvalue weighted by molar-refractivity contribution is 9.10. The van der Waals surface area contributed by atoms with Gasteiger partial charge >= 0.3 is 0 Å². The van der Waals surface area contributed by atoms with Crippen LogP contribution in [0.25, 0.3) is 0 Å². The van der Waals surface area contributed by atoms with Crippen LogP contribution < -0.4 is 0 Å². The molecule has 1 saturated carbocycles. The minimum absolute atomic E-state index is 0.341. The second kappa shape index (κ2) is 5.31. The van der Waals surface area contributed by atoms with Crippen LogP contribution in [0.1, 0.15) is 31.2 Å². The molecule has 0 unspecified atom stereocenters. The molecule has 0 spiro atoms. The molecule has 15 heavy (non-hydrogen) atoms.